The van der Waals surface area contributed by atoms with Crippen LogP contribution in [0, 0.1) is 0 Å². The molecule has 1 aromatic carbocycles. The maximum atomic E-state index is 12.0. The molecule has 21 heavy (non-hydrogen) atoms. The summed E-state index contributed by atoms with van der Waals surface area (Å²) in [6.45, 7) is 7.99. The Morgan fingerprint density at radius 1 is 1.38 bits per heavy atom. The standard InChI is InChI=1S/C16H22ClN3O/c1-4-18-8-12-9-20(10-16(21)19-11(2)3)15-7-13(17)5-6-14(12)15/h5-7,9,11,18H,4,8,10H2,1-3H3,(H,19,21). The molecule has 5 heteroatoms. The maximum Gasteiger partial charge on any atom is 0.240 e. The first-order valence-corrected chi connectivity index (χ1v) is 7.66. The summed E-state index contributed by atoms with van der Waals surface area (Å²) in [5, 5.41) is 8.06. The van der Waals surface area contributed by atoms with Gasteiger partial charge >= 0.3 is 0 Å². The molecule has 1 amide bonds. The van der Waals surface area contributed by atoms with Crippen molar-refractivity contribution < 1.29 is 4.79 Å². The summed E-state index contributed by atoms with van der Waals surface area (Å²) in [7, 11) is 0. The average molecular weight is 308 g/mol. The Balaban J connectivity index is 2.33. The van der Waals surface area contributed by atoms with Gasteiger partial charge in [0, 0.05) is 29.2 Å². The molecular weight excluding hydrogens is 286 g/mol. The summed E-state index contributed by atoms with van der Waals surface area (Å²) in [5.74, 6) is 0.0110. The highest BCUT2D eigenvalue weighted by molar-refractivity contribution is 6.31. The lowest BCUT2D eigenvalue weighted by atomic mass is 10.2. The van der Waals surface area contributed by atoms with Crippen molar-refractivity contribution in [2.24, 2.45) is 0 Å². The Labute approximate surface area is 130 Å². The zero-order valence-electron chi connectivity index (χ0n) is 12.7. The summed E-state index contributed by atoms with van der Waals surface area (Å²) in [6.07, 6.45) is 2.03. The van der Waals surface area contributed by atoms with Gasteiger partial charge in [-0.3, -0.25) is 4.79 Å². The molecule has 0 radical (unpaired) electrons. The minimum absolute atomic E-state index is 0.0110. The van der Waals surface area contributed by atoms with E-state index in [1.165, 1.54) is 5.56 Å². The van der Waals surface area contributed by atoms with Gasteiger partial charge in [-0.1, -0.05) is 24.6 Å². The number of nitrogens with one attached hydrogen (secondary N) is 2. The van der Waals surface area contributed by atoms with Crippen LogP contribution in [0.2, 0.25) is 5.02 Å². The third-order valence-corrected chi connectivity index (χ3v) is 3.49. The lowest BCUT2D eigenvalue weighted by Gasteiger charge is -2.09. The highest BCUT2D eigenvalue weighted by Crippen LogP contribution is 2.25. The van der Waals surface area contributed by atoms with Gasteiger partial charge in [0.05, 0.1) is 5.52 Å². The van der Waals surface area contributed by atoms with Gasteiger partial charge in [-0.15, -0.1) is 0 Å². The van der Waals surface area contributed by atoms with Crippen molar-refractivity contribution in [2.75, 3.05) is 6.54 Å². The number of hydrogen-bond donors (Lipinski definition) is 2. The molecule has 2 aromatic rings. The van der Waals surface area contributed by atoms with E-state index in [2.05, 4.69) is 17.6 Å². The first-order valence-electron chi connectivity index (χ1n) is 7.28. The smallest absolute Gasteiger partial charge is 0.240 e. The van der Waals surface area contributed by atoms with Gasteiger partial charge in [-0.2, -0.15) is 0 Å². The van der Waals surface area contributed by atoms with E-state index in [0.717, 1.165) is 24.0 Å². The highest BCUT2D eigenvalue weighted by Gasteiger charge is 2.12. The van der Waals surface area contributed by atoms with E-state index >= 15 is 0 Å². The summed E-state index contributed by atoms with van der Waals surface area (Å²) in [4.78, 5) is 12.0. The fourth-order valence-corrected chi connectivity index (χ4v) is 2.56. The van der Waals surface area contributed by atoms with Crippen LogP contribution in [0.4, 0.5) is 0 Å². The first kappa shape index (κ1) is 15.9. The maximum absolute atomic E-state index is 12.0. The summed E-state index contributed by atoms with van der Waals surface area (Å²) in [6, 6.07) is 5.96. The lowest BCUT2D eigenvalue weighted by molar-refractivity contribution is -0.122. The predicted molar refractivity (Wildman–Crippen MR) is 87.6 cm³/mol. The zero-order valence-corrected chi connectivity index (χ0v) is 13.5. The molecule has 4 nitrogen and oxygen atoms in total. The number of carbonyl (C=O) groups is 1. The number of rotatable bonds is 6. The monoisotopic (exact) mass is 307 g/mol. The molecule has 0 spiro atoms. The van der Waals surface area contributed by atoms with E-state index in [0.29, 0.717) is 11.6 Å². The molecule has 0 aliphatic heterocycles. The first-order chi connectivity index (χ1) is 10.0. The van der Waals surface area contributed by atoms with E-state index in [1.54, 1.807) is 0 Å². The number of aromatic nitrogens is 1. The predicted octanol–water partition coefficient (Wildman–Crippen LogP) is 2.93. The van der Waals surface area contributed by atoms with E-state index in [-0.39, 0.29) is 11.9 Å². The fraction of sp³-hybridized carbons (Fsp3) is 0.438. The molecule has 0 fully saturated rings. The number of nitrogens with zero attached hydrogens (tertiary/aromatic N) is 1. The number of hydrogen-bond acceptors (Lipinski definition) is 2. The third kappa shape index (κ3) is 3.99. The molecule has 1 aromatic heterocycles. The molecule has 0 unspecified atom stereocenters. The molecule has 1 heterocycles. The Kier molecular flexibility index (Phi) is 5.26. The fourth-order valence-electron chi connectivity index (χ4n) is 2.39. The minimum atomic E-state index is 0.0110. The van der Waals surface area contributed by atoms with E-state index in [4.69, 9.17) is 11.6 Å². The molecule has 0 saturated heterocycles. The largest absolute Gasteiger partial charge is 0.352 e. The Hall–Kier alpha value is -1.52. The lowest BCUT2D eigenvalue weighted by Crippen LogP contribution is -2.32. The van der Waals surface area contributed by atoms with Gasteiger partial charge in [0.25, 0.3) is 0 Å². The molecule has 0 aliphatic rings. The van der Waals surface area contributed by atoms with Crippen molar-refractivity contribution in [3.05, 3.63) is 35.0 Å². The topological polar surface area (TPSA) is 46.1 Å². The van der Waals surface area contributed by atoms with Crippen LogP contribution in [-0.4, -0.2) is 23.1 Å². The highest BCUT2D eigenvalue weighted by atomic mass is 35.5. The van der Waals surface area contributed by atoms with Gasteiger partial charge in [-0.25, -0.2) is 0 Å². The van der Waals surface area contributed by atoms with E-state index < -0.39 is 0 Å². The van der Waals surface area contributed by atoms with Gasteiger partial charge in [0.1, 0.15) is 6.54 Å². The summed E-state index contributed by atoms with van der Waals surface area (Å²) >= 11 is 6.10. The Bertz CT molecular complexity index is 634. The number of benzene rings is 1. The quantitative estimate of drug-likeness (QED) is 0.862. The van der Waals surface area contributed by atoms with Crippen molar-refractivity contribution in [1.82, 2.24) is 15.2 Å². The van der Waals surface area contributed by atoms with E-state index in [9.17, 15) is 4.79 Å². The van der Waals surface area contributed by atoms with Crippen molar-refractivity contribution >= 4 is 28.4 Å². The van der Waals surface area contributed by atoms with Crippen molar-refractivity contribution in [3.63, 3.8) is 0 Å². The molecular formula is C16H22ClN3O. The van der Waals surface area contributed by atoms with Crippen LogP contribution >= 0.6 is 11.6 Å². The number of amides is 1. The zero-order chi connectivity index (χ0) is 15.4. The van der Waals surface area contributed by atoms with Gasteiger partial charge in [0.15, 0.2) is 0 Å². The van der Waals surface area contributed by atoms with Crippen molar-refractivity contribution in [1.29, 1.82) is 0 Å². The molecule has 0 aliphatic carbocycles. The second kappa shape index (κ2) is 6.96. The van der Waals surface area contributed by atoms with Crippen molar-refractivity contribution in [3.8, 4) is 0 Å². The third-order valence-electron chi connectivity index (χ3n) is 3.26. The van der Waals surface area contributed by atoms with Crippen LogP contribution in [0.25, 0.3) is 10.9 Å². The summed E-state index contributed by atoms with van der Waals surface area (Å²) < 4.78 is 1.96. The van der Waals surface area contributed by atoms with Crippen LogP contribution in [0.3, 0.4) is 0 Å². The van der Waals surface area contributed by atoms with Gasteiger partial charge in [0.2, 0.25) is 5.91 Å². The Morgan fingerprint density at radius 3 is 2.81 bits per heavy atom. The van der Waals surface area contributed by atoms with Gasteiger partial charge < -0.3 is 15.2 Å². The number of carbonyl (C=O) groups excluding carboxylic acids is 1. The van der Waals surface area contributed by atoms with Crippen LogP contribution in [0.1, 0.15) is 26.3 Å². The van der Waals surface area contributed by atoms with Gasteiger partial charge in [-0.05, 0) is 38.1 Å². The molecule has 114 valence electrons. The van der Waals surface area contributed by atoms with E-state index in [1.807, 2.05) is 42.8 Å². The van der Waals surface area contributed by atoms with Crippen LogP contribution in [-0.2, 0) is 17.9 Å². The second-order valence-corrected chi connectivity index (χ2v) is 5.88. The number of halogens is 1. The van der Waals surface area contributed by atoms with Crippen molar-refractivity contribution in [2.45, 2.75) is 39.9 Å². The van der Waals surface area contributed by atoms with Crippen LogP contribution in [0.5, 0.6) is 0 Å². The molecule has 0 saturated carbocycles. The minimum Gasteiger partial charge on any atom is -0.352 e. The Morgan fingerprint density at radius 2 is 2.14 bits per heavy atom. The molecule has 0 atom stereocenters. The SMILES string of the molecule is CCNCc1cn(CC(=O)NC(C)C)c2cc(Cl)ccc12. The molecule has 0 bridgehead atoms. The second-order valence-electron chi connectivity index (χ2n) is 5.45. The summed E-state index contributed by atoms with van der Waals surface area (Å²) in [5.41, 5.74) is 2.18. The van der Waals surface area contributed by atoms with Crippen LogP contribution < -0.4 is 10.6 Å². The normalized spacial score (nSPS) is 11.3. The number of fused-ring (bicyclic) bond motifs is 1. The molecule has 2 rings (SSSR count). The average Bonchev–Trinajstić information content (AvgIpc) is 2.73. The molecule has 2 N–H and O–H groups in total. The van der Waals surface area contributed by atoms with Crippen LogP contribution in [0.15, 0.2) is 24.4 Å².